The van der Waals surface area contributed by atoms with Crippen LogP contribution in [0.4, 0.5) is 0 Å². The van der Waals surface area contributed by atoms with Gasteiger partial charge in [0.2, 0.25) is 5.91 Å². The lowest BCUT2D eigenvalue weighted by Crippen LogP contribution is -2.58. The Labute approximate surface area is 156 Å². The normalized spacial score (nSPS) is 24.1. The molecule has 0 aromatic carbocycles. The zero-order valence-corrected chi connectivity index (χ0v) is 15.8. The third kappa shape index (κ3) is 7.08. The summed E-state index contributed by atoms with van der Waals surface area (Å²) in [6, 6.07) is -0.895. The van der Waals surface area contributed by atoms with Crippen LogP contribution in [0.2, 0.25) is 0 Å². The highest BCUT2D eigenvalue weighted by Gasteiger charge is 2.47. The molecule has 1 aliphatic rings. The van der Waals surface area contributed by atoms with Crippen molar-refractivity contribution >= 4 is 29.8 Å². The minimum absolute atomic E-state index is 0.270. The first kappa shape index (κ1) is 22.1. The molecule has 0 spiro atoms. The second kappa shape index (κ2) is 9.70. The van der Waals surface area contributed by atoms with Gasteiger partial charge < -0.3 is 24.3 Å². The van der Waals surface area contributed by atoms with Gasteiger partial charge in [-0.25, -0.2) is 0 Å². The first-order valence-corrected chi connectivity index (χ1v) is 8.14. The Hall–Kier alpha value is -2.91. The van der Waals surface area contributed by atoms with Gasteiger partial charge in [-0.3, -0.25) is 24.0 Å². The molecule has 4 atom stereocenters. The number of rotatable bonds is 6. The maximum Gasteiger partial charge on any atom is 0.303 e. The fourth-order valence-electron chi connectivity index (χ4n) is 2.66. The van der Waals surface area contributed by atoms with E-state index >= 15 is 0 Å². The van der Waals surface area contributed by atoms with E-state index in [0.717, 1.165) is 20.8 Å². The highest BCUT2D eigenvalue weighted by molar-refractivity contribution is 5.74. The van der Waals surface area contributed by atoms with E-state index in [1.54, 1.807) is 0 Å². The SMILES string of the molecule is CC(=O)N[C@H]1C=C(COC(C)=O)[C@@H](OC(C)=O)[C@H](OC(C)=O)[C@@H]1OC(C)=O. The predicted octanol–water partition coefficient (Wildman–Crippen LogP) is -0.211. The topological polar surface area (TPSA) is 134 Å². The van der Waals surface area contributed by atoms with Crippen molar-refractivity contribution in [3.05, 3.63) is 11.6 Å². The van der Waals surface area contributed by atoms with Gasteiger partial charge in [-0.1, -0.05) is 6.08 Å². The predicted molar refractivity (Wildman–Crippen MR) is 89.0 cm³/mol. The molecule has 27 heavy (non-hydrogen) atoms. The summed E-state index contributed by atoms with van der Waals surface area (Å²) < 4.78 is 20.7. The third-order valence-electron chi connectivity index (χ3n) is 3.44. The molecule has 0 heterocycles. The third-order valence-corrected chi connectivity index (χ3v) is 3.44. The molecule has 150 valence electrons. The van der Waals surface area contributed by atoms with Crippen LogP contribution in [-0.2, 0) is 42.9 Å². The first-order chi connectivity index (χ1) is 12.5. The van der Waals surface area contributed by atoms with E-state index in [1.165, 1.54) is 19.9 Å². The number of hydrogen-bond donors (Lipinski definition) is 1. The van der Waals surface area contributed by atoms with Crippen molar-refractivity contribution in [3.8, 4) is 0 Å². The molecule has 1 aliphatic carbocycles. The van der Waals surface area contributed by atoms with E-state index in [4.69, 9.17) is 18.9 Å². The maximum absolute atomic E-state index is 11.6. The Morgan fingerprint density at radius 3 is 1.78 bits per heavy atom. The molecule has 0 unspecified atom stereocenters. The quantitative estimate of drug-likeness (QED) is 0.374. The monoisotopic (exact) mass is 385 g/mol. The first-order valence-electron chi connectivity index (χ1n) is 8.14. The summed E-state index contributed by atoms with van der Waals surface area (Å²) in [6.45, 7) is 5.61. The van der Waals surface area contributed by atoms with Gasteiger partial charge in [0.15, 0.2) is 18.3 Å². The summed E-state index contributed by atoms with van der Waals surface area (Å²) in [5.74, 6) is -3.12. The zero-order valence-electron chi connectivity index (χ0n) is 15.8. The van der Waals surface area contributed by atoms with Crippen molar-refractivity contribution in [2.75, 3.05) is 6.61 Å². The van der Waals surface area contributed by atoms with Crippen LogP contribution in [0.25, 0.3) is 0 Å². The summed E-state index contributed by atoms with van der Waals surface area (Å²) >= 11 is 0. The Kier molecular flexibility index (Phi) is 7.95. The molecule has 0 bridgehead atoms. The Morgan fingerprint density at radius 2 is 1.33 bits per heavy atom. The van der Waals surface area contributed by atoms with E-state index in [1.807, 2.05) is 0 Å². The van der Waals surface area contributed by atoms with Gasteiger partial charge in [0, 0.05) is 40.2 Å². The standard InChI is InChI=1S/C17H23NO9/c1-8(19)18-14-6-13(7-24-9(2)20)15(25-10(3)21)17(27-12(5)23)16(14)26-11(4)22/h6,14-17H,7H2,1-5H3,(H,18,19)/t14-,15+,16+,17-/m0/s1. The van der Waals surface area contributed by atoms with E-state index in [0.29, 0.717) is 0 Å². The van der Waals surface area contributed by atoms with Crippen molar-refractivity contribution < 1.29 is 42.9 Å². The van der Waals surface area contributed by atoms with Crippen LogP contribution >= 0.6 is 0 Å². The average Bonchev–Trinajstić information content (AvgIpc) is 2.49. The molecule has 0 saturated heterocycles. The number of carbonyl (C=O) groups is 5. The molecule has 0 saturated carbocycles. The van der Waals surface area contributed by atoms with E-state index < -0.39 is 54.1 Å². The molecule has 1 amide bonds. The van der Waals surface area contributed by atoms with Gasteiger partial charge in [0.25, 0.3) is 0 Å². The van der Waals surface area contributed by atoms with E-state index in [9.17, 15) is 24.0 Å². The van der Waals surface area contributed by atoms with Gasteiger partial charge >= 0.3 is 23.9 Å². The minimum atomic E-state index is -1.25. The van der Waals surface area contributed by atoms with Gasteiger partial charge in [0.05, 0.1) is 6.04 Å². The van der Waals surface area contributed by atoms with Crippen molar-refractivity contribution in [1.29, 1.82) is 0 Å². The summed E-state index contributed by atoms with van der Waals surface area (Å²) in [7, 11) is 0. The molecule has 0 fully saturated rings. The average molecular weight is 385 g/mol. The Balaban J connectivity index is 3.40. The highest BCUT2D eigenvalue weighted by Crippen LogP contribution is 2.28. The number of hydrogen-bond acceptors (Lipinski definition) is 9. The highest BCUT2D eigenvalue weighted by atomic mass is 16.6. The van der Waals surface area contributed by atoms with Crippen LogP contribution in [0, 0.1) is 0 Å². The summed E-state index contributed by atoms with van der Waals surface area (Å²) in [6.07, 6.45) is -2.12. The van der Waals surface area contributed by atoms with E-state index in [2.05, 4.69) is 5.32 Å². The number of amides is 1. The van der Waals surface area contributed by atoms with Crippen LogP contribution in [0.3, 0.4) is 0 Å². The molecular weight excluding hydrogens is 362 g/mol. The second-order valence-corrected chi connectivity index (χ2v) is 5.93. The van der Waals surface area contributed by atoms with Crippen molar-refractivity contribution in [1.82, 2.24) is 5.32 Å². The van der Waals surface area contributed by atoms with Gasteiger partial charge in [-0.05, 0) is 0 Å². The van der Waals surface area contributed by atoms with Crippen molar-refractivity contribution in [3.63, 3.8) is 0 Å². The Bertz CT molecular complexity index is 655. The molecule has 0 radical (unpaired) electrons. The van der Waals surface area contributed by atoms with Gasteiger partial charge in [-0.15, -0.1) is 0 Å². The summed E-state index contributed by atoms with van der Waals surface area (Å²) in [4.78, 5) is 57.4. The van der Waals surface area contributed by atoms with Crippen LogP contribution in [0.5, 0.6) is 0 Å². The lowest BCUT2D eigenvalue weighted by Gasteiger charge is -2.40. The molecule has 1 rings (SSSR count). The van der Waals surface area contributed by atoms with Crippen molar-refractivity contribution in [2.45, 2.75) is 59.0 Å². The van der Waals surface area contributed by atoms with Gasteiger partial charge in [-0.2, -0.15) is 0 Å². The lowest BCUT2D eigenvalue weighted by molar-refractivity contribution is -0.184. The molecular formula is C17H23NO9. The Morgan fingerprint density at radius 1 is 0.815 bits per heavy atom. The molecule has 0 aliphatic heterocycles. The van der Waals surface area contributed by atoms with Gasteiger partial charge in [0.1, 0.15) is 6.61 Å². The second-order valence-electron chi connectivity index (χ2n) is 5.93. The number of esters is 4. The minimum Gasteiger partial charge on any atom is -0.461 e. The molecule has 10 heteroatoms. The number of carbonyl (C=O) groups excluding carboxylic acids is 5. The van der Waals surface area contributed by atoms with Crippen LogP contribution < -0.4 is 5.32 Å². The molecule has 10 nitrogen and oxygen atoms in total. The van der Waals surface area contributed by atoms with Crippen molar-refractivity contribution in [2.24, 2.45) is 0 Å². The summed E-state index contributed by atoms with van der Waals surface area (Å²) in [5, 5.41) is 2.57. The fourth-order valence-corrected chi connectivity index (χ4v) is 2.66. The number of ether oxygens (including phenoxy) is 4. The van der Waals surface area contributed by atoms with Crippen LogP contribution in [-0.4, -0.2) is 60.7 Å². The zero-order chi connectivity index (χ0) is 20.7. The molecule has 0 aromatic heterocycles. The van der Waals surface area contributed by atoms with Crippen LogP contribution in [0.15, 0.2) is 11.6 Å². The fraction of sp³-hybridized carbons (Fsp3) is 0.588. The van der Waals surface area contributed by atoms with E-state index in [-0.39, 0.29) is 12.2 Å². The lowest BCUT2D eigenvalue weighted by atomic mass is 9.87. The van der Waals surface area contributed by atoms with Crippen LogP contribution in [0.1, 0.15) is 34.6 Å². The summed E-state index contributed by atoms with van der Waals surface area (Å²) in [5.41, 5.74) is 0.272. The molecule has 0 aromatic rings. The largest absolute Gasteiger partial charge is 0.461 e. The molecule has 1 N–H and O–H groups in total. The number of nitrogens with one attached hydrogen (secondary N) is 1. The smallest absolute Gasteiger partial charge is 0.303 e. The maximum atomic E-state index is 11.6.